The number of hydrogen-bond donors (Lipinski definition) is 3. The average molecular weight is 504 g/mol. The molecule has 0 aromatic heterocycles. The van der Waals surface area contributed by atoms with E-state index in [0.29, 0.717) is 45.2 Å². The minimum Gasteiger partial charge on any atom is -0.381 e. The summed E-state index contributed by atoms with van der Waals surface area (Å²) in [4.78, 5) is 21.8. The monoisotopic (exact) mass is 503 g/mol. The van der Waals surface area contributed by atoms with Gasteiger partial charge in [0.05, 0.1) is 13.2 Å². The first kappa shape index (κ1) is 38.5. The van der Waals surface area contributed by atoms with Crippen LogP contribution in [0.5, 0.6) is 0 Å². The number of hydrogen-bond acceptors (Lipinski definition) is 6. The van der Waals surface area contributed by atoms with Crippen LogP contribution in [0, 0.1) is 17.3 Å². The summed E-state index contributed by atoms with van der Waals surface area (Å²) in [7, 11) is 0. The lowest BCUT2D eigenvalue weighted by atomic mass is 9.94. The van der Waals surface area contributed by atoms with Crippen LogP contribution in [-0.2, 0) is 19.1 Å². The molecule has 0 aliphatic heterocycles. The molecule has 0 spiro atoms. The maximum atomic E-state index is 11.6. The molecule has 0 rings (SSSR count). The van der Waals surface area contributed by atoms with Gasteiger partial charge in [-0.05, 0) is 39.5 Å². The number of carbonyl (C=O) groups is 2. The number of nitrogens with two attached hydrogens (primary N) is 1. The van der Waals surface area contributed by atoms with Crippen molar-refractivity contribution in [2.24, 2.45) is 23.0 Å². The molecule has 1 amide bonds. The van der Waals surface area contributed by atoms with Gasteiger partial charge in [0.25, 0.3) is 0 Å². The number of nitrogens with one attached hydrogen (secondary N) is 2. The van der Waals surface area contributed by atoms with Gasteiger partial charge in [-0.3, -0.25) is 9.59 Å². The lowest BCUT2D eigenvalue weighted by Crippen LogP contribution is -2.46. The second-order valence-electron chi connectivity index (χ2n) is 11.6. The Kier molecular flexibility index (Phi) is 22.1. The second kappa shape index (κ2) is 20.1. The van der Waals surface area contributed by atoms with Gasteiger partial charge in [0.15, 0.2) is 0 Å². The van der Waals surface area contributed by atoms with E-state index in [1.54, 1.807) is 0 Å². The fourth-order valence-corrected chi connectivity index (χ4v) is 3.04. The Morgan fingerprint density at radius 2 is 1.57 bits per heavy atom. The lowest BCUT2D eigenvalue weighted by Gasteiger charge is -2.31. The largest absolute Gasteiger partial charge is 0.381 e. The number of rotatable bonds is 17. The van der Waals surface area contributed by atoms with Crippen molar-refractivity contribution in [1.82, 2.24) is 10.6 Å². The zero-order valence-electron chi connectivity index (χ0n) is 25.5. The van der Waals surface area contributed by atoms with Crippen molar-refractivity contribution >= 4 is 12.2 Å². The van der Waals surface area contributed by atoms with Crippen LogP contribution < -0.4 is 16.4 Å². The van der Waals surface area contributed by atoms with E-state index in [1.807, 2.05) is 62.3 Å². The number of ether oxygens (including phenoxy) is 2. The number of Topliss-reactive ketones (excluding diaryl/α,β-unsaturated/α-hetero) is 1. The molecule has 0 bridgehead atoms. The van der Waals surface area contributed by atoms with E-state index in [2.05, 4.69) is 38.3 Å². The van der Waals surface area contributed by atoms with Crippen LogP contribution in [0.3, 0.4) is 0 Å². The number of amides is 1. The van der Waals surface area contributed by atoms with Crippen molar-refractivity contribution in [3.05, 3.63) is 0 Å². The van der Waals surface area contributed by atoms with Gasteiger partial charge in [0, 0.05) is 42.5 Å². The molecule has 0 aromatic rings. The highest BCUT2D eigenvalue weighted by Crippen LogP contribution is 2.16. The molecule has 35 heavy (non-hydrogen) atoms. The van der Waals surface area contributed by atoms with E-state index in [4.69, 9.17) is 15.2 Å². The fourth-order valence-electron chi connectivity index (χ4n) is 3.04. The molecule has 2 unspecified atom stereocenters. The first-order chi connectivity index (χ1) is 16.0. The molecule has 0 fully saturated rings. The van der Waals surface area contributed by atoms with Crippen LogP contribution in [0.2, 0.25) is 0 Å². The molecule has 7 nitrogen and oxygen atoms in total. The topological polar surface area (TPSA) is 103 Å². The van der Waals surface area contributed by atoms with Crippen LogP contribution in [0.15, 0.2) is 0 Å². The molecule has 0 heterocycles. The van der Waals surface area contributed by atoms with Crippen LogP contribution in [0.1, 0.15) is 109 Å². The standard InChI is InChI=1S/C14H27NO3.C12H28N2O.C2H6/c1-11(2)13(17)6-12(3)7-18-9-14(4,5)8-15-10-16;1-7-12(6,13)15-9-8-11(4,5)14-10(2)3;1-2/h10-12H,6-9H2,1-5H3,(H,15,16);10,14H,7-9,13H2,1-6H3;1-2H3. The third kappa shape index (κ3) is 25.9. The summed E-state index contributed by atoms with van der Waals surface area (Å²) in [6.07, 6.45) is 3.08. The summed E-state index contributed by atoms with van der Waals surface area (Å²) in [5, 5.41) is 6.16. The second-order valence-corrected chi connectivity index (χ2v) is 11.6. The average Bonchev–Trinajstić information content (AvgIpc) is 2.72. The summed E-state index contributed by atoms with van der Waals surface area (Å²) >= 11 is 0. The minimum atomic E-state index is -0.478. The zero-order valence-corrected chi connectivity index (χ0v) is 25.5. The molecule has 7 heteroatoms. The van der Waals surface area contributed by atoms with Crippen LogP contribution in [-0.4, -0.2) is 55.9 Å². The number of carbonyl (C=O) groups excluding carboxylic acids is 2. The Morgan fingerprint density at radius 3 is 2.00 bits per heavy atom. The quantitative estimate of drug-likeness (QED) is 0.184. The molecular formula is C28H61N3O4. The highest BCUT2D eigenvalue weighted by Gasteiger charge is 2.21. The summed E-state index contributed by atoms with van der Waals surface area (Å²) in [5.74, 6) is 0.628. The first-order valence-electron chi connectivity index (χ1n) is 13.4. The highest BCUT2D eigenvalue weighted by atomic mass is 16.5. The fraction of sp³-hybridized carbons (Fsp3) is 0.929. The van der Waals surface area contributed by atoms with E-state index in [1.165, 1.54) is 0 Å². The van der Waals surface area contributed by atoms with Crippen molar-refractivity contribution < 1.29 is 19.1 Å². The summed E-state index contributed by atoms with van der Waals surface area (Å²) in [5.41, 5.74) is 5.45. The molecule has 0 saturated carbocycles. The Hall–Kier alpha value is -1.02. The van der Waals surface area contributed by atoms with Gasteiger partial charge in [-0.1, -0.05) is 69.2 Å². The van der Waals surface area contributed by atoms with E-state index in [-0.39, 0.29) is 28.6 Å². The Labute approximate surface area is 218 Å². The van der Waals surface area contributed by atoms with Gasteiger partial charge < -0.3 is 25.8 Å². The summed E-state index contributed by atoms with van der Waals surface area (Å²) in [6, 6.07) is 0.496. The van der Waals surface area contributed by atoms with Crippen LogP contribution >= 0.6 is 0 Å². The highest BCUT2D eigenvalue weighted by molar-refractivity contribution is 5.80. The van der Waals surface area contributed by atoms with Crippen molar-refractivity contribution in [1.29, 1.82) is 0 Å². The molecule has 0 aromatic carbocycles. The van der Waals surface area contributed by atoms with Crippen molar-refractivity contribution in [3.63, 3.8) is 0 Å². The number of ketones is 1. The molecule has 2 atom stereocenters. The molecule has 0 aliphatic carbocycles. The van der Waals surface area contributed by atoms with Crippen LogP contribution in [0.4, 0.5) is 0 Å². The van der Waals surface area contributed by atoms with Gasteiger partial charge in [-0.2, -0.15) is 0 Å². The maximum absolute atomic E-state index is 11.6. The predicted octanol–water partition coefficient (Wildman–Crippen LogP) is 5.31. The Bertz CT molecular complexity index is 532. The zero-order chi connectivity index (χ0) is 28.3. The summed E-state index contributed by atoms with van der Waals surface area (Å²) < 4.78 is 11.3. The van der Waals surface area contributed by atoms with E-state index in [9.17, 15) is 9.59 Å². The molecule has 0 saturated heterocycles. The van der Waals surface area contributed by atoms with Gasteiger partial charge in [-0.25, -0.2) is 0 Å². The molecule has 0 radical (unpaired) electrons. The van der Waals surface area contributed by atoms with Crippen LogP contribution in [0.25, 0.3) is 0 Å². The van der Waals surface area contributed by atoms with Gasteiger partial charge in [0.2, 0.25) is 6.41 Å². The van der Waals surface area contributed by atoms with Crippen molar-refractivity contribution in [2.75, 3.05) is 26.4 Å². The van der Waals surface area contributed by atoms with Gasteiger partial charge in [0.1, 0.15) is 11.5 Å². The molecule has 0 aliphatic rings. The third-order valence-corrected chi connectivity index (χ3v) is 5.29. The lowest BCUT2D eigenvalue weighted by molar-refractivity contribution is -0.123. The normalized spacial score (nSPS) is 14.3. The maximum Gasteiger partial charge on any atom is 0.207 e. The Morgan fingerprint density at radius 1 is 1.03 bits per heavy atom. The molecular weight excluding hydrogens is 442 g/mol. The van der Waals surface area contributed by atoms with Crippen molar-refractivity contribution in [2.45, 2.75) is 127 Å². The SMILES string of the molecule is CC.CC(COCC(C)(C)CNC=O)CC(=O)C(C)C.CCC(C)(N)OCCC(C)(C)NC(C)C. The third-order valence-electron chi connectivity index (χ3n) is 5.29. The summed E-state index contributed by atoms with van der Waals surface area (Å²) in [6.45, 7) is 29.1. The Balaban J connectivity index is -0.000000554. The van der Waals surface area contributed by atoms with Crippen molar-refractivity contribution in [3.8, 4) is 0 Å². The van der Waals surface area contributed by atoms with E-state index < -0.39 is 5.72 Å². The van der Waals surface area contributed by atoms with E-state index in [0.717, 1.165) is 12.8 Å². The molecule has 212 valence electrons. The first-order valence-corrected chi connectivity index (χ1v) is 13.4. The molecule has 4 N–H and O–H groups in total. The predicted molar refractivity (Wildman–Crippen MR) is 149 cm³/mol. The van der Waals surface area contributed by atoms with Gasteiger partial charge >= 0.3 is 0 Å². The minimum absolute atomic E-state index is 0.0807. The van der Waals surface area contributed by atoms with E-state index >= 15 is 0 Å². The van der Waals surface area contributed by atoms with Gasteiger partial charge in [-0.15, -0.1) is 0 Å². The smallest absolute Gasteiger partial charge is 0.207 e.